The molecular weight excluding hydrogens is 294 g/mol. The van der Waals surface area contributed by atoms with Crippen LogP contribution in [0.1, 0.15) is 16.7 Å². The third kappa shape index (κ3) is 6.60. The number of aryl methyl sites for hydroxylation is 3. The maximum Gasteiger partial charge on any atom is 4.00 e. The van der Waals surface area contributed by atoms with Gasteiger partial charge in [-0.2, -0.15) is 17.2 Å². The van der Waals surface area contributed by atoms with Crippen molar-refractivity contribution in [2.75, 3.05) is 0 Å². The number of hydrogen-bond acceptors (Lipinski definition) is 0. The first-order chi connectivity index (χ1) is 3.70. The van der Waals surface area contributed by atoms with E-state index in [0.717, 1.165) is 0 Å². The first-order valence-electron chi connectivity index (χ1n) is 2.90. The van der Waals surface area contributed by atoms with Crippen molar-refractivity contribution in [2.45, 2.75) is 20.8 Å². The van der Waals surface area contributed by atoms with Crippen LogP contribution >= 0.6 is 0 Å². The molecule has 0 saturated heterocycles. The van der Waals surface area contributed by atoms with Crippen LogP contribution in [-0.4, -0.2) is 0 Å². The molecule has 0 saturated carbocycles. The average molecular weight is 305 g/mol. The van der Waals surface area contributed by atoms with Crippen LogP contribution in [0, 0.1) is 20.8 Å². The van der Waals surface area contributed by atoms with Gasteiger partial charge in [0.25, 0.3) is 0 Å². The summed E-state index contributed by atoms with van der Waals surface area (Å²) in [6.07, 6.45) is 0. The van der Waals surface area contributed by atoms with E-state index in [0.29, 0.717) is 0 Å². The van der Waals surface area contributed by atoms with E-state index in [4.69, 9.17) is 0 Å². The maximum absolute atomic E-state index is 2.20. The fraction of sp³-hybridized carbons (Fsp3) is 0.375. The number of hydrogen-bond donors (Lipinski definition) is 0. The zero-order valence-corrected chi connectivity index (χ0v) is 12.0. The van der Waals surface area contributed by atoms with E-state index in [-0.39, 0.29) is 63.4 Å². The second-order valence-electron chi connectivity index (χ2n) is 2.40. The van der Waals surface area contributed by atoms with Crippen molar-refractivity contribution in [3.63, 3.8) is 0 Å². The summed E-state index contributed by atoms with van der Waals surface area (Å²) in [7, 11) is 0. The molecule has 68 valence electrons. The zero-order valence-electron chi connectivity index (χ0n) is 7.29. The second-order valence-corrected chi connectivity index (χ2v) is 2.40. The summed E-state index contributed by atoms with van der Waals surface area (Å²) in [5.74, 6) is 0. The molecule has 0 atom stereocenters. The fourth-order valence-electron chi connectivity index (χ4n) is 0.952. The topological polar surface area (TPSA) is 0 Å². The van der Waals surface area contributed by atoms with E-state index in [1.807, 2.05) is 0 Å². The smallest absolute Gasteiger partial charge is 1.00 e. The SMILES string of the molecule is Cc1cc(C)[c-](C)c1.[Cl-].[Cl-].[Cl-].[Zr+4]. The van der Waals surface area contributed by atoms with Gasteiger partial charge in [-0.25, -0.2) is 11.6 Å². The molecule has 0 spiro atoms. The Hall–Kier alpha value is 1.10. The third-order valence-corrected chi connectivity index (χ3v) is 1.51. The van der Waals surface area contributed by atoms with E-state index >= 15 is 0 Å². The molecule has 0 aromatic heterocycles. The predicted octanol–water partition coefficient (Wildman–Crippen LogP) is -6.66. The van der Waals surface area contributed by atoms with Crippen LogP contribution in [-0.2, 0) is 26.2 Å². The molecule has 12 heavy (non-hydrogen) atoms. The van der Waals surface area contributed by atoms with Crippen LogP contribution in [0.5, 0.6) is 0 Å². The van der Waals surface area contributed by atoms with Gasteiger partial charge >= 0.3 is 26.2 Å². The number of halogens is 3. The van der Waals surface area contributed by atoms with E-state index in [2.05, 4.69) is 32.9 Å². The fourth-order valence-corrected chi connectivity index (χ4v) is 0.952. The molecule has 0 bridgehead atoms. The summed E-state index contributed by atoms with van der Waals surface area (Å²) in [4.78, 5) is 0. The van der Waals surface area contributed by atoms with E-state index in [1.165, 1.54) is 16.7 Å². The standard InChI is InChI=1S/C8H11.3ClH.Zr/c1-6-4-7(2)8(3)5-6;;;;/h4-5H,1-3H3;3*1H;/q-1;;;;+4/p-3. The minimum Gasteiger partial charge on any atom is -1.00 e. The Morgan fingerprint density at radius 3 is 1.58 bits per heavy atom. The van der Waals surface area contributed by atoms with Crippen molar-refractivity contribution >= 4 is 0 Å². The molecule has 0 fully saturated rings. The molecule has 0 nitrogen and oxygen atoms in total. The first kappa shape index (κ1) is 23.2. The minimum absolute atomic E-state index is 0. The number of rotatable bonds is 0. The van der Waals surface area contributed by atoms with Gasteiger partial charge in [0.15, 0.2) is 0 Å². The van der Waals surface area contributed by atoms with Crippen molar-refractivity contribution in [1.82, 2.24) is 0 Å². The quantitative estimate of drug-likeness (QED) is 0.418. The molecule has 0 N–H and O–H groups in total. The van der Waals surface area contributed by atoms with E-state index < -0.39 is 0 Å². The Balaban J connectivity index is -0.0000000800. The largest absolute Gasteiger partial charge is 4.00 e. The van der Waals surface area contributed by atoms with Crippen LogP contribution in [0.2, 0.25) is 0 Å². The normalized spacial score (nSPS) is 6.58. The van der Waals surface area contributed by atoms with Gasteiger partial charge in [0.05, 0.1) is 0 Å². The van der Waals surface area contributed by atoms with Crippen molar-refractivity contribution in [3.05, 3.63) is 28.8 Å². The molecule has 0 aliphatic carbocycles. The summed E-state index contributed by atoms with van der Waals surface area (Å²) in [6, 6.07) is 4.41. The summed E-state index contributed by atoms with van der Waals surface area (Å²) < 4.78 is 0. The van der Waals surface area contributed by atoms with Crippen LogP contribution < -0.4 is 37.2 Å². The summed E-state index contributed by atoms with van der Waals surface area (Å²) in [5, 5.41) is 0. The van der Waals surface area contributed by atoms with Crippen molar-refractivity contribution in [3.8, 4) is 0 Å². The Labute approximate surface area is 112 Å². The van der Waals surface area contributed by atoms with Gasteiger partial charge in [-0.1, -0.05) is 20.8 Å². The summed E-state index contributed by atoms with van der Waals surface area (Å²) in [6.45, 7) is 6.41. The zero-order chi connectivity index (χ0) is 6.15. The first-order valence-corrected chi connectivity index (χ1v) is 2.90. The van der Waals surface area contributed by atoms with Gasteiger partial charge < -0.3 is 37.2 Å². The molecule has 1 aromatic carbocycles. The van der Waals surface area contributed by atoms with Crippen LogP contribution in [0.4, 0.5) is 0 Å². The molecule has 0 amide bonds. The second kappa shape index (κ2) is 10.2. The van der Waals surface area contributed by atoms with Gasteiger partial charge in [-0.05, 0) is 0 Å². The van der Waals surface area contributed by atoms with E-state index in [1.54, 1.807) is 0 Å². The van der Waals surface area contributed by atoms with Gasteiger partial charge in [0.2, 0.25) is 0 Å². The Kier molecular flexibility index (Phi) is 19.7. The van der Waals surface area contributed by atoms with Crippen LogP contribution in [0.15, 0.2) is 12.1 Å². The molecule has 0 aliphatic rings. The van der Waals surface area contributed by atoms with Gasteiger partial charge in [0.1, 0.15) is 0 Å². The van der Waals surface area contributed by atoms with Crippen molar-refractivity contribution < 1.29 is 63.4 Å². The summed E-state index contributed by atoms with van der Waals surface area (Å²) in [5.41, 5.74) is 4.19. The molecule has 0 heterocycles. The minimum atomic E-state index is 0. The molecule has 1 aromatic rings. The average Bonchev–Trinajstić information content (AvgIpc) is 1.85. The van der Waals surface area contributed by atoms with Crippen molar-refractivity contribution in [2.24, 2.45) is 0 Å². The van der Waals surface area contributed by atoms with Crippen molar-refractivity contribution in [1.29, 1.82) is 0 Å². The Morgan fingerprint density at radius 2 is 1.50 bits per heavy atom. The van der Waals surface area contributed by atoms with E-state index in [9.17, 15) is 0 Å². The monoisotopic (exact) mass is 302 g/mol. The third-order valence-electron chi connectivity index (χ3n) is 1.51. The van der Waals surface area contributed by atoms with Crippen LogP contribution in [0.3, 0.4) is 0 Å². The molecule has 0 radical (unpaired) electrons. The molecule has 4 heteroatoms. The van der Waals surface area contributed by atoms with Gasteiger partial charge in [-0.15, -0.1) is 0 Å². The summed E-state index contributed by atoms with van der Waals surface area (Å²) >= 11 is 0. The molecule has 0 unspecified atom stereocenters. The van der Waals surface area contributed by atoms with Gasteiger partial charge in [-0.3, -0.25) is 0 Å². The molecule has 0 aliphatic heterocycles. The Morgan fingerprint density at radius 1 is 1.08 bits per heavy atom. The Bertz CT molecular complexity index is 177. The molecular formula is C8H11Cl3Zr. The molecule has 1 rings (SSSR count). The predicted molar refractivity (Wildman–Crippen MR) is 36.2 cm³/mol. The van der Waals surface area contributed by atoms with Crippen LogP contribution in [0.25, 0.3) is 0 Å². The van der Waals surface area contributed by atoms with Gasteiger partial charge in [0, 0.05) is 0 Å². The maximum atomic E-state index is 2.20.